The van der Waals surface area contributed by atoms with E-state index in [0.717, 1.165) is 10.9 Å². The van der Waals surface area contributed by atoms with Crippen LogP contribution >= 0.6 is 7.60 Å². The molecule has 0 aliphatic carbocycles. The molecule has 0 spiro atoms. The summed E-state index contributed by atoms with van der Waals surface area (Å²) in [6, 6.07) is 4.71. The van der Waals surface area contributed by atoms with Crippen LogP contribution in [-0.4, -0.2) is 26.0 Å². The second-order valence-electron chi connectivity index (χ2n) is 4.17. The van der Waals surface area contributed by atoms with E-state index in [1.165, 1.54) is 10.6 Å². The number of nitrogens with two attached hydrogens (primary N) is 1. The average Bonchev–Trinajstić information content (AvgIpc) is 2.55. The molecule has 98 valence electrons. The summed E-state index contributed by atoms with van der Waals surface area (Å²) in [6.07, 6.45) is 1.89. The zero-order valence-electron chi connectivity index (χ0n) is 9.65. The molecule has 0 aliphatic heterocycles. The molecule has 0 saturated carbocycles. The molecule has 18 heavy (non-hydrogen) atoms. The van der Waals surface area contributed by atoms with E-state index in [2.05, 4.69) is 0 Å². The minimum atomic E-state index is -4.14. The maximum Gasteiger partial charge on any atom is 0.345 e. The van der Waals surface area contributed by atoms with Crippen molar-refractivity contribution < 1.29 is 19.5 Å². The Labute approximate surface area is 104 Å². The van der Waals surface area contributed by atoms with Gasteiger partial charge in [-0.25, -0.2) is 0 Å². The van der Waals surface area contributed by atoms with Crippen molar-refractivity contribution in [2.75, 3.05) is 6.54 Å². The van der Waals surface area contributed by atoms with Crippen LogP contribution in [0.2, 0.25) is 0 Å². The third kappa shape index (κ3) is 2.73. The van der Waals surface area contributed by atoms with Gasteiger partial charge in [0.15, 0.2) is 0 Å². The van der Waals surface area contributed by atoms with Crippen LogP contribution in [0.4, 0.5) is 0 Å². The Morgan fingerprint density at radius 3 is 2.67 bits per heavy atom. The van der Waals surface area contributed by atoms with E-state index in [1.54, 1.807) is 18.3 Å². The highest BCUT2D eigenvalue weighted by molar-refractivity contribution is 7.50. The summed E-state index contributed by atoms with van der Waals surface area (Å²) >= 11 is 0. The van der Waals surface area contributed by atoms with Gasteiger partial charge in [0, 0.05) is 17.1 Å². The predicted octanol–water partition coefficient (Wildman–Crippen LogP) is 0.983. The fraction of sp³-hybridized carbons (Fsp3) is 0.273. The number of phenolic OH excluding ortho intramolecular Hbond substituents is 1. The average molecular weight is 270 g/mol. The first-order chi connectivity index (χ1) is 8.40. The Hall–Kier alpha value is -1.33. The molecule has 1 aromatic carbocycles. The summed E-state index contributed by atoms with van der Waals surface area (Å²) < 4.78 is 12.6. The molecule has 5 N–H and O–H groups in total. The summed E-state index contributed by atoms with van der Waals surface area (Å²) in [6.45, 7) is 0.435. The molecule has 6 nitrogen and oxygen atoms in total. The first kappa shape index (κ1) is 13.1. The maximum atomic E-state index is 11.1. The lowest BCUT2D eigenvalue weighted by atomic mass is 10.1. The highest BCUT2D eigenvalue weighted by atomic mass is 31.2. The lowest BCUT2D eigenvalue weighted by Crippen LogP contribution is -2.02. The van der Waals surface area contributed by atoms with E-state index in [9.17, 15) is 9.67 Å². The molecule has 0 atom stereocenters. The predicted molar refractivity (Wildman–Crippen MR) is 68.4 cm³/mol. The molecular formula is C11H15N2O4P. The molecule has 2 rings (SSSR count). The Morgan fingerprint density at radius 1 is 1.33 bits per heavy atom. The molecule has 0 fully saturated rings. The molecule has 1 aromatic heterocycles. The van der Waals surface area contributed by atoms with E-state index in [0.29, 0.717) is 18.5 Å². The van der Waals surface area contributed by atoms with Crippen molar-refractivity contribution >= 4 is 18.5 Å². The number of phenols is 1. The molecule has 0 unspecified atom stereocenters. The smallest absolute Gasteiger partial charge is 0.345 e. The summed E-state index contributed by atoms with van der Waals surface area (Å²) in [5.41, 5.74) is 7.05. The van der Waals surface area contributed by atoms with Gasteiger partial charge in [-0.3, -0.25) is 4.57 Å². The number of hydrogen-bond donors (Lipinski definition) is 4. The topological polar surface area (TPSA) is 109 Å². The Morgan fingerprint density at radius 2 is 2.06 bits per heavy atom. The van der Waals surface area contributed by atoms with Crippen LogP contribution in [0.3, 0.4) is 0 Å². The first-order valence-corrected chi connectivity index (χ1v) is 7.26. The number of aromatic nitrogens is 1. The zero-order chi connectivity index (χ0) is 13.3. The van der Waals surface area contributed by atoms with Gasteiger partial charge < -0.3 is 25.2 Å². The standard InChI is InChI=1S/C11H15N2O4P/c12-4-3-8-6-13(7-18(15,16)17)11-2-1-9(14)5-10(8)11/h1-2,5-6,14H,3-4,7,12H2,(H2,15,16,17). The van der Waals surface area contributed by atoms with Crippen LogP contribution in [0.5, 0.6) is 5.75 Å². The van der Waals surface area contributed by atoms with E-state index in [4.69, 9.17) is 15.5 Å². The minimum Gasteiger partial charge on any atom is -0.508 e. The number of aromatic hydroxyl groups is 1. The number of fused-ring (bicyclic) bond motifs is 1. The van der Waals surface area contributed by atoms with Crippen molar-refractivity contribution in [1.29, 1.82) is 0 Å². The fourth-order valence-corrected chi connectivity index (χ4v) is 2.66. The van der Waals surface area contributed by atoms with Gasteiger partial charge in [-0.15, -0.1) is 0 Å². The van der Waals surface area contributed by atoms with E-state index >= 15 is 0 Å². The second kappa shape index (κ2) is 4.74. The monoisotopic (exact) mass is 270 g/mol. The van der Waals surface area contributed by atoms with Crippen molar-refractivity contribution in [3.8, 4) is 5.75 Å². The molecule has 0 radical (unpaired) electrons. The lowest BCUT2D eigenvalue weighted by Gasteiger charge is -2.06. The van der Waals surface area contributed by atoms with Crippen LogP contribution in [-0.2, 0) is 17.3 Å². The SMILES string of the molecule is NCCc1cn(CP(=O)(O)O)c2ccc(O)cc12. The molecule has 0 aliphatic rings. The van der Waals surface area contributed by atoms with Gasteiger partial charge in [0.25, 0.3) is 0 Å². The third-order valence-electron chi connectivity index (χ3n) is 2.70. The summed E-state index contributed by atoms with van der Waals surface area (Å²) in [7, 11) is -4.14. The van der Waals surface area contributed by atoms with Crippen molar-refractivity contribution in [3.63, 3.8) is 0 Å². The Bertz CT molecular complexity index is 617. The molecule has 0 saturated heterocycles. The largest absolute Gasteiger partial charge is 0.508 e. The Balaban J connectivity index is 2.57. The van der Waals surface area contributed by atoms with Crippen LogP contribution < -0.4 is 5.73 Å². The van der Waals surface area contributed by atoms with Crippen LogP contribution in [0.25, 0.3) is 10.9 Å². The quantitative estimate of drug-likeness (QED) is 0.619. The molecular weight excluding hydrogens is 255 g/mol. The normalized spacial score (nSPS) is 12.2. The van der Waals surface area contributed by atoms with Crippen molar-refractivity contribution in [2.24, 2.45) is 5.73 Å². The van der Waals surface area contributed by atoms with E-state index < -0.39 is 7.60 Å². The molecule has 0 amide bonds. The van der Waals surface area contributed by atoms with Gasteiger partial charge in [-0.05, 0) is 36.7 Å². The first-order valence-electron chi connectivity index (χ1n) is 5.46. The Kier molecular flexibility index (Phi) is 3.45. The summed E-state index contributed by atoms with van der Waals surface area (Å²) in [5, 5.41) is 10.2. The van der Waals surface area contributed by atoms with Crippen LogP contribution in [0.1, 0.15) is 5.56 Å². The third-order valence-corrected chi connectivity index (χ3v) is 3.37. The zero-order valence-corrected chi connectivity index (χ0v) is 10.5. The highest BCUT2D eigenvalue weighted by Crippen LogP contribution is 2.39. The van der Waals surface area contributed by atoms with E-state index in [-0.39, 0.29) is 12.0 Å². The molecule has 7 heteroatoms. The number of nitrogens with zero attached hydrogens (tertiary/aromatic N) is 1. The lowest BCUT2D eigenvalue weighted by molar-refractivity contribution is 0.363. The van der Waals surface area contributed by atoms with Crippen LogP contribution in [0, 0.1) is 0 Å². The highest BCUT2D eigenvalue weighted by Gasteiger charge is 2.17. The maximum absolute atomic E-state index is 11.1. The van der Waals surface area contributed by atoms with Gasteiger partial charge in [0.1, 0.15) is 12.0 Å². The van der Waals surface area contributed by atoms with Gasteiger partial charge in [-0.1, -0.05) is 0 Å². The molecule has 0 bridgehead atoms. The summed E-state index contributed by atoms with van der Waals surface area (Å²) in [4.78, 5) is 18.1. The van der Waals surface area contributed by atoms with Crippen molar-refractivity contribution in [1.82, 2.24) is 4.57 Å². The second-order valence-corrected chi connectivity index (χ2v) is 5.78. The van der Waals surface area contributed by atoms with Gasteiger partial charge >= 0.3 is 7.60 Å². The number of rotatable bonds is 4. The molecule has 2 aromatic rings. The molecule has 1 heterocycles. The van der Waals surface area contributed by atoms with Crippen molar-refractivity contribution in [2.45, 2.75) is 12.7 Å². The summed E-state index contributed by atoms with van der Waals surface area (Å²) in [5.74, 6) is 0.120. The van der Waals surface area contributed by atoms with Crippen LogP contribution in [0.15, 0.2) is 24.4 Å². The van der Waals surface area contributed by atoms with Gasteiger partial charge in [-0.2, -0.15) is 0 Å². The number of hydrogen-bond acceptors (Lipinski definition) is 3. The van der Waals surface area contributed by atoms with Gasteiger partial charge in [0.05, 0.1) is 0 Å². The van der Waals surface area contributed by atoms with Crippen molar-refractivity contribution in [3.05, 3.63) is 30.0 Å². The van der Waals surface area contributed by atoms with E-state index in [1.807, 2.05) is 0 Å². The van der Waals surface area contributed by atoms with Gasteiger partial charge in [0.2, 0.25) is 0 Å². The fourth-order valence-electron chi connectivity index (χ4n) is 2.03. The number of benzene rings is 1. The minimum absolute atomic E-state index is 0.120.